The fraction of sp³-hybridized carbons (Fsp3) is 0.667. The van der Waals surface area contributed by atoms with Gasteiger partial charge in [-0.1, -0.05) is 44.2 Å². The van der Waals surface area contributed by atoms with Crippen molar-refractivity contribution in [1.82, 2.24) is 10.2 Å². The average Bonchev–Trinajstić information content (AvgIpc) is 2.62. The van der Waals surface area contributed by atoms with E-state index in [1.807, 2.05) is 37.3 Å². The quantitative estimate of drug-likeness (QED) is 0.347. The molecule has 1 fully saturated rings. The monoisotopic (exact) mass is 489 g/mol. The number of aliphatic imine (C=N–C) groups is 1. The van der Waals surface area contributed by atoms with Crippen LogP contribution in [0.2, 0.25) is 0 Å². The van der Waals surface area contributed by atoms with Crippen LogP contribution in [0.5, 0.6) is 0 Å². The van der Waals surface area contributed by atoms with Crippen LogP contribution >= 0.6 is 24.0 Å². The minimum Gasteiger partial charge on any atom is -0.389 e. The van der Waals surface area contributed by atoms with E-state index in [0.717, 1.165) is 24.6 Å². The second-order valence-corrected chi connectivity index (χ2v) is 8.26. The molecule has 0 saturated carbocycles. The lowest BCUT2D eigenvalue weighted by molar-refractivity contribution is -0.0670. The van der Waals surface area contributed by atoms with Gasteiger partial charge in [0.05, 0.1) is 25.4 Å². The number of hydrogen-bond acceptors (Lipinski definition) is 3. The zero-order chi connectivity index (χ0) is 19.4. The smallest absolute Gasteiger partial charge is 0.194 e. The predicted octanol–water partition coefficient (Wildman–Crippen LogP) is 3.83. The van der Waals surface area contributed by atoms with Crippen LogP contribution in [0.1, 0.15) is 53.2 Å². The molecule has 1 aromatic carbocycles. The molecule has 154 valence electrons. The average molecular weight is 489 g/mol. The van der Waals surface area contributed by atoms with Crippen molar-refractivity contribution in [3.8, 4) is 0 Å². The molecule has 1 aliphatic rings. The number of likely N-dealkylation sites (tertiary alicyclic amines) is 1. The molecule has 1 saturated heterocycles. The summed E-state index contributed by atoms with van der Waals surface area (Å²) in [5.74, 6) is 0.868. The van der Waals surface area contributed by atoms with E-state index in [1.54, 1.807) is 0 Å². The highest BCUT2D eigenvalue weighted by Gasteiger charge is 2.53. The van der Waals surface area contributed by atoms with E-state index in [9.17, 15) is 5.11 Å². The number of aliphatic hydroxyl groups is 1. The standard InChI is InChI=1S/C21H35N3O2.HI/c1-7-22-19(24-15-20(3,4)21(24,5)6)23-13-18(25)14-26-16(2)17-11-9-8-10-12-17;/h8-12,16,18,25H,7,13-15H2,1-6H3,(H,22,23);1H. The summed E-state index contributed by atoms with van der Waals surface area (Å²) in [4.78, 5) is 6.94. The normalized spacial score (nSPS) is 20.3. The molecular formula is C21H36IN3O2. The second-order valence-electron chi connectivity index (χ2n) is 8.26. The van der Waals surface area contributed by atoms with Crippen LogP contribution in [0.3, 0.4) is 0 Å². The van der Waals surface area contributed by atoms with Gasteiger partial charge in [-0.25, -0.2) is 0 Å². The molecule has 1 heterocycles. The lowest BCUT2D eigenvalue weighted by Gasteiger charge is -2.62. The molecule has 27 heavy (non-hydrogen) atoms. The summed E-state index contributed by atoms with van der Waals surface area (Å²) in [5.41, 5.74) is 1.40. The van der Waals surface area contributed by atoms with Crippen molar-refractivity contribution in [2.45, 2.75) is 59.3 Å². The Hall–Kier alpha value is -0.860. The van der Waals surface area contributed by atoms with Gasteiger partial charge < -0.3 is 20.1 Å². The first-order valence-corrected chi connectivity index (χ1v) is 9.59. The Kier molecular flexibility index (Phi) is 9.02. The Morgan fingerprint density at radius 3 is 2.41 bits per heavy atom. The van der Waals surface area contributed by atoms with Crippen molar-refractivity contribution in [2.75, 3.05) is 26.2 Å². The fourth-order valence-electron chi connectivity index (χ4n) is 3.12. The maximum absolute atomic E-state index is 10.3. The van der Waals surface area contributed by atoms with Gasteiger partial charge in [0.1, 0.15) is 0 Å². The van der Waals surface area contributed by atoms with E-state index in [-0.39, 0.29) is 47.6 Å². The molecule has 0 bridgehead atoms. The molecule has 0 aliphatic carbocycles. The van der Waals surface area contributed by atoms with E-state index >= 15 is 0 Å². The summed E-state index contributed by atoms with van der Waals surface area (Å²) >= 11 is 0. The number of nitrogens with zero attached hydrogens (tertiary/aromatic N) is 2. The summed E-state index contributed by atoms with van der Waals surface area (Å²) in [6.07, 6.45) is -0.662. The van der Waals surface area contributed by atoms with Gasteiger partial charge in [-0.3, -0.25) is 4.99 Å². The summed E-state index contributed by atoms with van der Waals surface area (Å²) in [6.45, 7) is 15.5. The van der Waals surface area contributed by atoms with Gasteiger partial charge in [-0.2, -0.15) is 0 Å². The Balaban J connectivity index is 0.00000364. The Morgan fingerprint density at radius 1 is 1.26 bits per heavy atom. The highest BCUT2D eigenvalue weighted by Crippen LogP contribution is 2.46. The molecule has 5 nitrogen and oxygen atoms in total. The molecule has 0 amide bonds. The third kappa shape index (κ3) is 5.81. The third-order valence-corrected chi connectivity index (χ3v) is 5.73. The number of aliphatic hydroxyl groups excluding tert-OH is 1. The van der Waals surface area contributed by atoms with Crippen LogP contribution in [-0.2, 0) is 4.74 Å². The van der Waals surface area contributed by atoms with Crippen molar-refractivity contribution >= 4 is 29.9 Å². The number of guanidine groups is 1. The number of halogens is 1. The lowest BCUT2D eigenvalue weighted by atomic mass is 9.65. The molecule has 2 N–H and O–H groups in total. The maximum atomic E-state index is 10.3. The maximum Gasteiger partial charge on any atom is 0.194 e. The summed E-state index contributed by atoms with van der Waals surface area (Å²) < 4.78 is 5.80. The van der Waals surface area contributed by atoms with Gasteiger partial charge in [-0.05, 0) is 33.3 Å². The van der Waals surface area contributed by atoms with Crippen LogP contribution in [0.15, 0.2) is 35.3 Å². The molecular weight excluding hydrogens is 453 g/mol. The first-order valence-electron chi connectivity index (χ1n) is 9.59. The van der Waals surface area contributed by atoms with Crippen LogP contribution in [-0.4, -0.2) is 53.9 Å². The highest BCUT2D eigenvalue weighted by molar-refractivity contribution is 14.0. The first kappa shape index (κ1) is 24.2. The van der Waals surface area contributed by atoms with Crippen LogP contribution in [0, 0.1) is 5.41 Å². The largest absolute Gasteiger partial charge is 0.389 e. The van der Waals surface area contributed by atoms with E-state index < -0.39 is 6.10 Å². The number of hydrogen-bond donors (Lipinski definition) is 2. The molecule has 2 atom stereocenters. The third-order valence-electron chi connectivity index (χ3n) is 5.73. The summed E-state index contributed by atoms with van der Waals surface area (Å²) in [5, 5.41) is 13.6. The van der Waals surface area contributed by atoms with E-state index in [0.29, 0.717) is 6.54 Å². The SMILES string of the molecule is CCNC(=NCC(O)COC(C)c1ccccc1)N1CC(C)(C)C1(C)C.I. The van der Waals surface area contributed by atoms with Gasteiger partial charge >= 0.3 is 0 Å². The van der Waals surface area contributed by atoms with E-state index in [1.165, 1.54) is 0 Å². The highest BCUT2D eigenvalue weighted by atomic mass is 127. The lowest BCUT2D eigenvalue weighted by Crippen LogP contribution is -2.72. The minimum atomic E-state index is -0.618. The van der Waals surface area contributed by atoms with Gasteiger partial charge in [0.25, 0.3) is 0 Å². The van der Waals surface area contributed by atoms with Crippen molar-refractivity contribution in [3.63, 3.8) is 0 Å². The zero-order valence-corrected chi connectivity index (χ0v) is 19.9. The molecule has 0 radical (unpaired) electrons. The molecule has 1 aliphatic heterocycles. The Morgan fingerprint density at radius 2 is 1.89 bits per heavy atom. The Labute approximate surface area is 181 Å². The van der Waals surface area contributed by atoms with Crippen molar-refractivity contribution in [2.24, 2.45) is 10.4 Å². The second kappa shape index (κ2) is 10.1. The number of ether oxygens (including phenoxy) is 1. The molecule has 2 rings (SSSR count). The van der Waals surface area contributed by atoms with Gasteiger partial charge in [0.15, 0.2) is 5.96 Å². The number of benzene rings is 1. The van der Waals surface area contributed by atoms with Crippen molar-refractivity contribution in [3.05, 3.63) is 35.9 Å². The van der Waals surface area contributed by atoms with Crippen molar-refractivity contribution < 1.29 is 9.84 Å². The summed E-state index contributed by atoms with van der Waals surface area (Å²) in [6, 6.07) is 10.0. The van der Waals surface area contributed by atoms with Crippen LogP contribution in [0.25, 0.3) is 0 Å². The van der Waals surface area contributed by atoms with Crippen LogP contribution < -0.4 is 5.32 Å². The first-order chi connectivity index (χ1) is 12.2. The Bertz CT molecular complexity index is 605. The number of nitrogens with one attached hydrogen (secondary N) is 1. The van der Waals surface area contributed by atoms with E-state index in [4.69, 9.17) is 4.74 Å². The fourth-order valence-corrected chi connectivity index (χ4v) is 3.12. The molecule has 6 heteroatoms. The minimum absolute atomic E-state index is 0. The molecule has 0 spiro atoms. The van der Waals surface area contributed by atoms with Gasteiger partial charge in [0.2, 0.25) is 0 Å². The van der Waals surface area contributed by atoms with Gasteiger partial charge in [-0.15, -0.1) is 24.0 Å². The van der Waals surface area contributed by atoms with Gasteiger partial charge in [0, 0.05) is 24.0 Å². The van der Waals surface area contributed by atoms with E-state index in [2.05, 4.69) is 49.8 Å². The van der Waals surface area contributed by atoms with Crippen LogP contribution in [0.4, 0.5) is 0 Å². The number of rotatable bonds is 7. The molecule has 2 unspecified atom stereocenters. The predicted molar refractivity (Wildman–Crippen MR) is 123 cm³/mol. The molecule has 0 aromatic heterocycles. The zero-order valence-electron chi connectivity index (χ0n) is 17.5. The molecule has 1 aromatic rings. The topological polar surface area (TPSA) is 57.1 Å². The van der Waals surface area contributed by atoms with Crippen molar-refractivity contribution in [1.29, 1.82) is 0 Å². The summed E-state index contributed by atoms with van der Waals surface area (Å²) in [7, 11) is 0.